The van der Waals surface area contributed by atoms with E-state index < -0.39 is 18.0 Å². The number of ether oxygens (including phenoxy) is 1. The van der Waals surface area contributed by atoms with Gasteiger partial charge in [0, 0.05) is 32.7 Å². The molecule has 0 bridgehead atoms. The number of urea groups is 1. The van der Waals surface area contributed by atoms with Crippen molar-refractivity contribution < 1.29 is 19.4 Å². The maximum absolute atomic E-state index is 12.5. The molecule has 0 spiro atoms. The first-order chi connectivity index (χ1) is 12.6. The predicted molar refractivity (Wildman–Crippen MR) is 111 cm³/mol. The molecule has 2 heterocycles. The number of rotatable bonds is 6. The smallest absolute Gasteiger partial charge is 0.329 e. The fraction of sp³-hybridized carbons (Fsp3) is 0.444. The maximum atomic E-state index is 12.5. The fourth-order valence-electron chi connectivity index (χ4n) is 3.06. The summed E-state index contributed by atoms with van der Waals surface area (Å²) >= 11 is 0. The van der Waals surface area contributed by atoms with Gasteiger partial charge < -0.3 is 20.5 Å². The minimum Gasteiger partial charge on any atom is -0.497 e. The van der Waals surface area contributed by atoms with Crippen LogP contribution < -0.4 is 15.4 Å². The number of nitrogens with zero attached hydrogens (tertiary/aromatic N) is 2. The van der Waals surface area contributed by atoms with Crippen molar-refractivity contribution in [3.05, 3.63) is 35.5 Å². The van der Waals surface area contributed by atoms with Crippen molar-refractivity contribution in [1.82, 2.24) is 20.4 Å². The van der Waals surface area contributed by atoms with E-state index in [9.17, 15) is 14.7 Å². The van der Waals surface area contributed by atoms with Crippen molar-refractivity contribution in [3.63, 3.8) is 0 Å². The number of methoxy groups -OCH3 is 1. The Morgan fingerprint density at radius 2 is 1.79 bits per heavy atom. The number of nitrogens with one attached hydrogen (secondary N) is 2. The largest absolute Gasteiger partial charge is 0.497 e. The van der Waals surface area contributed by atoms with E-state index in [1.165, 1.54) is 0 Å². The molecule has 1 atom stereocenters. The van der Waals surface area contributed by atoms with Gasteiger partial charge in [0.05, 0.1) is 19.8 Å². The van der Waals surface area contributed by atoms with Gasteiger partial charge in [0.2, 0.25) is 0 Å². The lowest BCUT2D eigenvalue weighted by Gasteiger charge is -2.29. The Morgan fingerprint density at radius 3 is 2.39 bits per heavy atom. The Hall–Kier alpha value is -1.84. The van der Waals surface area contributed by atoms with Gasteiger partial charge in [-0.15, -0.1) is 24.8 Å². The molecule has 0 aromatic heterocycles. The molecule has 1 unspecified atom stereocenters. The van der Waals surface area contributed by atoms with Crippen LogP contribution in [0.2, 0.25) is 0 Å². The quantitative estimate of drug-likeness (QED) is 0.452. The van der Waals surface area contributed by atoms with E-state index in [1.54, 1.807) is 37.5 Å². The monoisotopic (exact) mass is 432 g/mol. The molecule has 2 saturated heterocycles. The van der Waals surface area contributed by atoms with Gasteiger partial charge in [-0.25, -0.2) is 4.79 Å². The highest BCUT2D eigenvalue weighted by Crippen LogP contribution is 2.17. The number of benzene rings is 1. The SMILES string of the molecule is COc1ccc(/C=C2\NC(=O)N(CC(O)CN3CCNCC3)C2=O)cc1.Cl.Cl. The second-order valence-electron chi connectivity index (χ2n) is 6.38. The minimum atomic E-state index is -0.775. The van der Waals surface area contributed by atoms with Crippen molar-refractivity contribution in [3.8, 4) is 5.75 Å². The average molecular weight is 433 g/mol. The van der Waals surface area contributed by atoms with E-state index in [0.717, 1.165) is 36.6 Å². The number of amides is 3. The third-order valence-electron chi connectivity index (χ3n) is 4.46. The van der Waals surface area contributed by atoms with Crippen molar-refractivity contribution >= 4 is 42.8 Å². The summed E-state index contributed by atoms with van der Waals surface area (Å²) in [6, 6.07) is 6.65. The molecule has 28 heavy (non-hydrogen) atoms. The van der Waals surface area contributed by atoms with E-state index in [1.807, 2.05) is 0 Å². The van der Waals surface area contributed by atoms with Gasteiger partial charge in [0.25, 0.3) is 5.91 Å². The lowest BCUT2D eigenvalue weighted by atomic mass is 10.2. The maximum Gasteiger partial charge on any atom is 0.329 e. The van der Waals surface area contributed by atoms with Crippen LogP contribution in [0.25, 0.3) is 6.08 Å². The van der Waals surface area contributed by atoms with Crippen LogP contribution in [-0.2, 0) is 4.79 Å². The number of β-amino-alcohol motifs (C(OH)–C–C–N with tert-alkyl or cyclic N) is 1. The van der Waals surface area contributed by atoms with E-state index in [2.05, 4.69) is 15.5 Å². The molecule has 1 aromatic rings. The number of halogens is 2. The third kappa shape index (κ3) is 6.08. The van der Waals surface area contributed by atoms with Crippen LogP contribution in [0.5, 0.6) is 5.75 Å². The molecule has 156 valence electrons. The van der Waals surface area contributed by atoms with Crippen LogP contribution >= 0.6 is 24.8 Å². The number of hydrogen-bond acceptors (Lipinski definition) is 6. The molecule has 3 amide bonds. The molecule has 10 heteroatoms. The molecule has 3 rings (SSSR count). The van der Waals surface area contributed by atoms with Crippen LogP contribution in [0.1, 0.15) is 5.56 Å². The zero-order valence-electron chi connectivity index (χ0n) is 15.6. The molecule has 2 aliphatic heterocycles. The molecular formula is C18H26Cl2N4O4. The van der Waals surface area contributed by atoms with Crippen LogP contribution in [0.4, 0.5) is 4.79 Å². The second kappa shape index (κ2) is 11.2. The summed E-state index contributed by atoms with van der Waals surface area (Å²) in [7, 11) is 1.58. The fourth-order valence-corrected chi connectivity index (χ4v) is 3.06. The van der Waals surface area contributed by atoms with E-state index in [-0.39, 0.29) is 37.1 Å². The van der Waals surface area contributed by atoms with E-state index in [4.69, 9.17) is 4.74 Å². The van der Waals surface area contributed by atoms with Crippen molar-refractivity contribution in [2.75, 3.05) is 46.4 Å². The molecule has 0 aliphatic carbocycles. The Kier molecular flexibility index (Phi) is 9.71. The summed E-state index contributed by atoms with van der Waals surface area (Å²) in [5.41, 5.74) is 0.979. The number of carbonyl (C=O) groups excluding carboxylic acids is 2. The highest BCUT2D eigenvalue weighted by atomic mass is 35.5. The minimum absolute atomic E-state index is 0. The lowest BCUT2D eigenvalue weighted by Crippen LogP contribution is -2.49. The average Bonchev–Trinajstić information content (AvgIpc) is 2.90. The van der Waals surface area contributed by atoms with Crippen molar-refractivity contribution in [2.45, 2.75) is 6.10 Å². The molecule has 3 N–H and O–H groups in total. The molecule has 0 radical (unpaired) electrons. The molecule has 8 nitrogen and oxygen atoms in total. The van der Waals surface area contributed by atoms with E-state index in [0.29, 0.717) is 12.3 Å². The number of imide groups is 1. The summed E-state index contributed by atoms with van der Waals surface area (Å²) in [6.07, 6.45) is 0.839. The van der Waals surface area contributed by atoms with Crippen LogP contribution in [0, 0.1) is 0 Å². The van der Waals surface area contributed by atoms with Crippen molar-refractivity contribution in [1.29, 1.82) is 0 Å². The summed E-state index contributed by atoms with van der Waals surface area (Å²) < 4.78 is 5.10. The van der Waals surface area contributed by atoms with Crippen LogP contribution in [0.3, 0.4) is 0 Å². The first kappa shape index (κ1) is 24.2. The second-order valence-corrected chi connectivity index (χ2v) is 6.38. The lowest BCUT2D eigenvalue weighted by molar-refractivity contribution is -0.124. The molecule has 2 aliphatic rings. The van der Waals surface area contributed by atoms with Gasteiger partial charge in [0.15, 0.2) is 0 Å². The zero-order chi connectivity index (χ0) is 18.5. The van der Waals surface area contributed by atoms with Crippen molar-refractivity contribution in [2.24, 2.45) is 0 Å². The summed E-state index contributed by atoms with van der Waals surface area (Å²) in [6.45, 7) is 3.87. The van der Waals surface area contributed by atoms with Crippen LogP contribution in [-0.4, -0.2) is 79.3 Å². The normalized spacial score (nSPS) is 19.6. The summed E-state index contributed by atoms with van der Waals surface area (Å²) in [4.78, 5) is 27.8. The van der Waals surface area contributed by atoms with Gasteiger partial charge in [-0.05, 0) is 23.8 Å². The third-order valence-corrected chi connectivity index (χ3v) is 4.46. The highest BCUT2D eigenvalue weighted by Gasteiger charge is 2.35. The van der Waals surface area contributed by atoms with Gasteiger partial charge in [-0.1, -0.05) is 12.1 Å². The highest BCUT2D eigenvalue weighted by molar-refractivity contribution is 6.14. The Bertz CT molecular complexity index is 693. The standard InChI is InChI=1S/C18H24N4O4.2ClH/c1-26-15-4-2-13(3-5-15)10-16-17(24)22(18(25)20-16)12-14(23)11-21-8-6-19-7-9-21;;/h2-5,10,14,19,23H,6-9,11-12H2,1H3,(H,20,25);2*1H/b16-10-;;. The first-order valence-electron chi connectivity index (χ1n) is 8.66. The predicted octanol–water partition coefficient (Wildman–Crippen LogP) is 0.698. The van der Waals surface area contributed by atoms with Gasteiger partial charge in [-0.2, -0.15) is 0 Å². The first-order valence-corrected chi connectivity index (χ1v) is 8.66. The summed E-state index contributed by atoms with van der Waals surface area (Å²) in [5.74, 6) is 0.289. The molecule has 0 saturated carbocycles. The number of hydrogen-bond donors (Lipinski definition) is 3. The molecular weight excluding hydrogens is 407 g/mol. The number of piperazine rings is 1. The van der Waals surface area contributed by atoms with E-state index >= 15 is 0 Å². The van der Waals surface area contributed by atoms with Gasteiger partial charge in [-0.3, -0.25) is 14.6 Å². The molecule has 2 fully saturated rings. The summed E-state index contributed by atoms with van der Waals surface area (Å²) in [5, 5.41) is 16.1. The van der Waals surface area contributed by atoms with Crippen LogP contribution in [0.15, 0.2) is 30.0 Å². The number of aliphatic hydroxyl groups excluding tert-OH is 1. The Labute approximate surface area is 176 Å². The number of carbonyl (C=O) groups is 2. The Balaban J connectivity index is 0.00000196. The Morgan fingerprint density at radius 1 is 1.14 bits per heavy atom. The number of aliphatic hydroxyl groups is 1. The molecule has 1 aromatic carbocycles. The van der Waals surface area contributed by atoms with Gasteiger partial charge in [0.1, 0.15) is 11.4 Å². The van der Waals surface area contributed by atoms with Gasteiger partial charge >= 0.3 is 6.03 Å². The zero-order valence-corrected chi connectivity index (χ0v) is 17.2. The topological polar surface area (TPSA) is 94.1 Å².